The summed E-state index contributed by atoms with van der Waals surface area (Å²) in [4.78, 5) is 35.1. The molecule has 1 aliphatic heterocycles. The van der Waals surface area contributed by atoms with Gasteiger partial charge in [-0.2, -0.15) is 4.99 Å². The molecule has 1 aromatic carbocycles. The van der Waals surface area contributed by atoms with Gasteiger partial charge in [0.1, 0.15) is 5.25 Å². The van der Waals surface area contributed by atoms with Crippen molar-refractivity contribution in [3.63, 3.8) is 0 Å². The molecule has 2 heterocycles. The SMILES string of the molecule is C=CCN1C(=O)C(CC(=O)Nc2ccc(Cl)cc2Cl)SC1=Nc1nccs1. The van der Waals surface area contributed by atoms with Crippen LogP contribution in [-0.2, 0) is 9.59 Å². The van der Waals surface area contributed by atoms with Crippen molar-refractivity contribution < 1.29 is 9.59 Å². The highest BCUT2D eigenvalue weighted by atomic mass is 35.5. The van der Waals surface area contributed by atoms with Gasteiger partial charge < -0.3 is 5.32 Å². The van der Waals surface area contributed by atoms with Crippen LogP contribution in [0.25, 0.3) is 0 Å². The number of aromatic nitrogens is 1. The Hall–Kier alpha value is -1.87. The van der Waals surface area contributed by atoms with E-state index in [0.29, 0.717) is 32.6 Å². The molecule has 3 rings (SSSR count). The molecule has 0 saturated carbocycles. The number of nitrogens with zero attached hydrogens (tertiary/aromatic N) is 3. The molecule has 6 nitrogen and oxygen atoms in total. The number of amides is 2. The minimum atomic E-state index is -0.574. The van der Waals surface area contributed by atoms with Crippen LogP contribution >= 0.6 is 46.3 Å². The maximum absolute atomic E-state index is 12.7. The summed E-state index contributed by atoms with van der Waals surface area (Å²) in [6.07, 6.45) is 3.25. The van der Waals surface area contributed by atoms with Gasteiger partial charge in [-0.1, -0.05) is 41.0 Å². The van der Waals surface area contributed by atoms with Crippen molar-refractivity contribution in [1.82, 2.24) is 9.88 Å². The number of hydrogen-bond donors (Lipinski definition) is 1. The normalized spacial score (nSPS) is 18.1. The molecule has 2 aromatic rings. The molecular formula is C17H14Cl2N4O2S2. The zero-order valence-electron chi connectivity index (χ0n) is 13.9. The predicted octanol–water partition coefficient (Wildman–Crippen LogP) is 4.60. The Bertz CT molecular complexity index is 902. The zero-order valence-corrected chi connectivity index (χ0v) is 17.0. The summed E-state index contributed by atoms with van der Waals surface area (Å²) in [6.45, 7) is 3.99. The smallest absolute Gasteiger partial charge is 0.242 e. The molecule has 2 amide bonds. The van der Waals surface area contributed by atoms with Crippen LogP contribution in [-0.4, -0.2) is 38.7 Å². The molecular weight excluding hydrogens is 427 g/mol. The number of amidine groups is 1. The molecule has 1 unspecified atom stereocenters. The third kappa shape index (κ3) is 4.90. The number of thioether (sulfide) groups is 1. The average molecular weight is 441 g/mol. The molecule has 1 aliphatic rings. The quantitative estimate of drug-likeness (QED) is 0.666. The van der Waals surface area contributed by atoms with Crippen LogP contribution in [0.5, 0.6) is 0 Å². The van der Waals surface area contributed by atoms with Crippen LogP contribution in [0.1, 0.15) is 6.42 Å². The third-order valence-electron chi connectivity index (χ3n) is 3.52. The molecule has 0 bridgehead atoms. The number of thiazole rings is 1. The lowest BCUT2D eigenvalue weighted by Gasteiger charge is -2.13. The molecule has 0 spiro atoms. The number of anilines is 1. The summed E-state index contributed by atoms with van der Waals surface area (Å²) < 4.78 is 0. The van der Waals surface area contributed by atoms with Gasteiger partial charge in [0.2, 0.25) is 16.9 Å². The Kier molecular flexibility index (Phi) is 6.54. The van der Waals surface area contributed by atoms with Gasteiger partial charge in [-0.25, -0.2) is 4.98 Å². The summed E-state index contributed by atoms with van der Waals surface area (Å²) in [5.74, 6) is -0.508. The van der Waals surface area contributed by atoms with Gasteiger partial charge in [-0.3, -0.25) is 14.5 Å². The number of carbonyl (C=O) groups excluding carboxylic acids is 2. The summed E-state index contributed by atoms with van der Waals surface area (Å²) >= 11 is 14.5. The van der Waals surface area contributed by atoms with Crippen molar-refractivity contribution in [2.24, 2.45) is 4.99 Å². The van der Waals surface area contributed by atoms with Crippen LogP contribution in [0.2, 0.25) is 10.0 Å². The minimum absolute atomic E-state index is 0.00696. The first-order valence-electron chi connectivity index (χ1n) is 7.80. The lowest BCUT2D eigenvalue weighted by molar-refractivity contribution is -0.127. The third-order valence-corrected chi connectivity index (χ3v) is 5.91. The molecule has 1 fully saturated rings. The Morgan fingerprint density at radius 3 is 2.93 bits per heavy atom. The van der Waals surface area contributed by atoms with Crippen LogP contribution in [0.4, 0.5) is 10.8 Å². The van der Waals surface area contributed by atoms with E-state index in [1.807, 2.05) is 0 Å². The molecule has 1 N–H and O–H groups in total. The van der Waals surface area contributed by atoms with E-state index in [9.17, 15) is 9.59 Å². The fraction of sp³-hybridized carbons (Fsp3) is 0.176. The van der Waals surface area contributed by atoms with E-state index in [2.05, 4.69) is 21.9 Å². The molecule has 0 radical (unpaired) electrons. The number of aliphatic imine (C=N–C) groups is 1. The Morgan fingerprint density at radius 1 is 1.44 bits per heavy atom. The van der Waals surface area contributed by atoms with E-state index >= 15 is 0 Å². The van der Waals surface area contributed by atoms with E-state index in [0.717, 1.165) is 0 Å². The van der Waals surface area contributed by atoms with Crippen LogP contribution in [0.3, 0.4) is 0 Å². The largest absolute Gasteiger partial charge is 0.325 e. The zero-order chi connectivity index (χ0) is 19.4. The Balaban J connectivity index is 1.71. The van der Waals surface area contributed by atoms with Gasteiger partial charge in [-0.15, -0.1) is 17.9 Å². The van der Waals surface area contributed by atoms with Gasteiger partial charge in [0.15, 0.2) is 5.17 Å². The van der Waals surface area contributed by atoms with Gasteiger partial charge in [0.05, 0.1) is 10.7 Å². The number of carbonyl (C=O) groups is 2. The van der Waals surface area contributed by atoms with Crippen LogP contribution in [0.15, 0.2) is 47.4 Å². The van der Waals surface area contributed by atoms with E-state index < -0.39 is 5.25 Å². The maximum atomic E-state index is 12.7. The summed E-state index contributed by atoms with van der Waals surface area (Å²) in [6, 6.07) is 4.79. The van der Waals surface area contributed by atoms with Crippen LogP contribution in [0, 0.1) is 0 Å². The summed E-state index contributed by atoms with van der Waals surface area (Å²) in [5.41, 5.74) is 0.445. The number of nitrogens with one attached hydrogen (secondary N) is 1. The molecule has 10 heteroatoms. The second-order valence-electron chi connectivity index (χ2n) is 5.43. The van der Waals surface area contributed by atoms with Gasteiger partial charge in [0.25, 0.3) is 0 Å². The Morgan fingerprint density at radius 2 is 2.26 bits per heavy atom. The van der Waals surface area contributed by atoms with Crippen molar-refractivity contribution in [3.8, 4) is 0 Å². The monoisotopic (exact) mass is 440 g/mol. The molecule has 140 valence electrons. The standard InChI is InChI=1S/C17H14Cl2N4O2S2/c1-2-6-23-15(25)13(27-17(23)22-16-20-5-7-26-16)9-14(24)21-12-4-3-10(18)8-11(12)19/h2-5,7-8,13H,1,6,9H2,(H,21,24). The van der Waals surface area contributed by atoms with Crippen molar-refractivity contribution in [1.29, 1.82) is 0 Å². The topological polar surface area (TPSA) is 74.7 Å². The molecule has 0 aliphatic carbocycles. The molecule has 1 atom stereocenters. The highest BCUT2D eigenvalue weighted by molar-refractivity contribution is 8.15. The Labute approximate surface area is 174 Å². The van der Waals surface area contributed by atoms with E-state index in [1.165, 1.54) is 28.0 Å². The molecule has 1 aromatic heterocycles. The first kappa shape index (κ1) is 19.9. The first-order valence-corrected chi connectivity index (χ1v) is 10.3. The fourth-order valence-corrected chi connectivity index (χ4v) is 4.50. The van der Waals surface area contributed by atoms with Crippen molar-refractivity contribution in [2.45, 2.75) is 11.7 Å². The summed E-state index contributed by atoms with van der Waals surface area (Å²) in [5, 5.41) is 5.81. The van der Waals surface area contributed by atoms with Gasteiger partial charge in [0, 0.05) is 29.6 Å². The highest BCUT2D eigenvalue weighted by Gasteiger charge is 2.38. The van der Waals surface area contributed by atoms with Crippen molar-refractivity contribution in [2.75, 3.05) is 11.9 Å². The second-order valence-corrected chi connectivity index (χ2v) is 8.32. The summed E-state index contributed by atoms with van der Waals surface area (Å²) in [7, 11) is 0. The van der Waals surface area contributed by atoms with Crippen molar-refractivity contribution >= 4 is 74.1 Å². The van der Waals surface area contributed by atoms with Crippen LogP contribution < -0.4 is 5.32 Å². The van der Waals surface area contributed by atoms with E-state index in [-0.39, 0.29) is 18.2 Å². The lowest BCUT2D eigenvalue weighted by Crippen LogP contribution is -2.33. The van der Waals surface area contributed by atoms with E-state index in [1.54, 1.807) is 35.9 Å². The van der Waals surface area contributed by atoms with Gasteiger partial charge >= 0.3 is 0 Å². The average Bonchev–Trinajstić information content (AvgIpc) is 3.22. The number of rotatable bonds is 6. The van der Waals surface area contributed by atoms with Gasteiger partial charge in [-0.05, 0) is 18.2 Å². The van der Waals surface area contributed by atoms with Crippen molar-refractivity contribution in [3.05, 3.63) is 52.5 Å². The van der Waals surface area contributed by atoms with E-state index in [4.69, 9.17) is 23.2 Å². The number of benzene rings is 1. The first-order chi connectivity index (χ1) is 13.0. The highest BCUT2D eigenvalue weighted by Crippen LogP contribution is 2.32. The maximum Gasteiger partial charge on any atom is 0.242 e. The fourth-order valence-electron chi connectivity index (χ4n) is 2.34. The predicted molar refractivity (Wildman–Crippen MR) is 112 cm³/mol. The molecule has 1 saturated heterocycles. The number of halogens is 2. The minimum Gasteiger partial charge on any atom is -0.325 e. The number of hydrogen-bond acceptors (Lipinski definition) is 6. The second kappa shape index (κ2) is 8.88. The molecule has 27 heavy (non-hydrogen) atoms. The lowest BCUT2D eigenvalue weighted by atomic mass is 10.2.